The van der Waals surface area contributed by atoms with Gasteiger partial charge in [0, 0.05) is 6.54 Å². The highest BCUT2D eigenvalue weighted by atomic mass is 32.2. The van der Waals surface area contributed by atoms with Crippen molar-refractivity contribution in [3.8, 4) is 5.75 Å². The lowest BCUT2D eigenvalue weighted by molar-refractivity contribution is 0.318. The smallest absolute Gasteiger partial charge is 0.119 e. The van der Waals surface area contributed by atoms with E-state index in [9.17, 15) is 0 Å². The molecule has 0 atom stereocenters. The molecule has 0 bridgehead atoms. The number of benzene rings is 1. The molecule has 0 radical (unpaired) electrons. The van der Waals surface area contributed by atoms with E-state index in [1.165, 1.54) is 12.0 Å². The molecule has 2 nitrogen and oxygen atoms in total. The first-order valence-corrected chi connectivity index (χ1v) is 7.67. The van der Waals surface area contributed by atoms with E-state index in [1.807, 2.05) is 17.8 Å². The molecule has 1 rings (SSSR count). The average molecular weight is 253 g/mol. The van der Waals surface area contributed by atoms with E-state index in [-0.39, 0.29) is 0 Å². The van der Waals surface area contributed by atoms with Gasteiger partial charge in [-0.1, -0.05) is 19.1 Å². The number of rotatable bonds is 9. The number of hydrogen-bond acceptors (Lipinski definition) is 3. The summed E-state index contributed by atoms with van der Waals surface area (Å²) in [5, 5.41) is 3.40. The molecule has 0 heterocycles. The molecular formula is C14H23NOS. The van der Waals surface area contributed by atoms with Gasteiger partial charge in [0.2, 0.25) is 0 Å². The quantitative estimate of drug-likeness (QED) is 0.682. The first kappa shape index (κ1) is 14.4. The summed E-state index contributed by atoms with van der Waals surface area (Å²) in [5.74, 6) is 2.15. The van der Waals surface area contributed by atoms with Crippen molar-refractivity contribution in [2.45, 2.75) is 26.3 Å². The second-order valence-corrected chi connectivity index (χ2v) is 5.00. The Kier molecular flexibility index (Phi) is 7.93. The van der Waals surface area contributed by atoms with Gasteiger partial charge in [0.05, 0.1) is 6.61 Å². The summed E-state index contributed by atoms with van der Waals surface area (Å²) in [6, 6.07) is 8.36. The van der Waals surface area contributed by atoms with Crippen molar-refractivity contribution in [2.24, 2.45) is 0 Å². The highest BCUT2D eigenvalue weighted by Gasteiger charge is 1.96. The van der Waals surface area contributed by atoms with E-state index in [1.54, 1.807) is 0 Å². The zero-order chi connectivity index (χ0) is 12.3. The molecule has 0 aromatic heterocycles. The van der Waals surface area contributed by atoms with Crippen LogP contribution in [-0.4, -0.2) is 25.2 Å². The largest absolute Gasteiger partial charge is 0.494 e. The highest BCUT2D eigenvalue weighted by Crippen LogP contribution is 2.13. The van der Waals surface area contributed by atoms with Crippen LogP contribution in [0.4, 0.5) is 0 Å². The Morgan fingerprint density at radius 3 is 3.00 bits per heavy atom. The van der Waals surface area contributed by atoms with Gasteiger partial charge in [-0.25, -0.2) is 0 Å². The zero-order valence-corrected chi connectivity index (χ0v) is 11.7. The molecule has 0 unspecified atom stereocenters. The van der Waals surface area contributed by atoms with Gasteiger partial charge in [-0.3, -0.25) is 0 Å². The van der Waals surface area contributed by atoms with Gasteiger partial charge in [0.25, 0.3) is 0 Å². The standard InChI is InChI=1S/C14H23NOS/c1-3-8-15-12-13-6-4-7-14(11-13)16-9-5-10-17-2/h4,6-7,11,15H,3,5,8-10,12H2,1-2H3. The monoisotopic (exact) mass is 253 g/mol. The van der Waals surface area contributed by atoms with Crippen LogP contribution in [-0.2, 0) is 6.54 Å². The van der Waals surface area contributed by atoms with E-state index >= 15 is 0 Å². The van der Waals surface area contributed by atoms with Crippen molar-refractivity contribution >= 4 is 11.8 Å². The Hall–Kier alpha value is -0.670. The molecule has 3 heteroatoms. The molecule has 1 aromatic rings. The van der Waals surface area contributed by atoms with Crippen LogP contribution >= 0.6 is 11.8 Å². The SMILES string of the molecule is CCCNCc1cccc(OCCCSC)c1. The molecule has 0 saturated heterocycles. The topological polar surface area (TPSA) is 21.3 Å². The van der Waals surface area contributed by atoms with Crippen LogP contribution in [0.1, 0.15) is 25.3 Å². The summed E-state index contributed by atoms with van der Waals surface area (Å²) >= 11 is 1.86. The van der Waals surface area contributed by atoms with Gasteiger partial charge in [-0.15, -0.1) is 0 Å². The van der Waals surface area contributed by atoms with E-state index < -0.39 is 0 Å². The molecule has 0 amide bonds. The Balaban J connectivity index is 2.31. The molecule has 0 aliphatic rings. The van der Waals surface area contributed by atoms with Gasteiger partial charge in [-0.2, -0.15) is 11.8 Å². The van der Waals surface area contributed by atoms with Gasteiger partial charge in [0.15, 0.2) is 0 Å². The number of thioether (sulfide) groups is 1. The van der Waals surface area contributed by atoms with Crippen molar-refractivity contribution in [2.75, 3.05) is 25.2 Å². The molecule has 0 spiro atoms. The average Bonchev–Trinajstić information content (AvgIpc) is 2.36. The lowest BCUT2D eigenvalue weighted by atomic mass is 10.2. The highest BCUT2D eigenvalue weighted by molar-refractivity contribution is 7.98. The molecule has 1 N–H and O–H groups in total. The summed E-state index contributed by atoms with van der Waals surface area (Å²) < 4.78 is 5.71. The summed E-state index contributed by atoms with van der Waals surface area (Å²) in [6.07, 6.45) is 4.41. The second-order valence-electron chi connectivity index (χ2n) is 4.02. The lowest BCUT2D eigenvalue weighted by Gasteiger charge is -2.08. The normalized spacial score (nSPS) is 10.5. The second kappa shape index (κ2) is 9.37. The minimum Gasteiger partial charge on any atom is -0.494 e. The van der Waals surface area contributed by atoms with Crippen LogP contribution in [0.3, 0.4) is 0 Å². The molecule has 0 aliphatic carbocycles. The van der Waals surface area contributed by atoms with Crippen LogP contribution in [0, 0.1) is 0 Å². The van der Waals surface area contributed by atoms with Crippen molar-refractivity contribution < 1.29 is 4.74 Å². The predicted molar refractivity (Wildman–Crippen MR) is 76.9 cm³/mol. The third-order valence-electron chi connectivity index (χ3n) is 2.42. The van der Waals surface area contributed by atoms with Crippen molar-refractivity contribution in [3.05, 3.63) is 29.8 Å². The minimum absolute atomic E-state index is 0.812. The van der Waals surface area contributed by atoms with Crippen molar-refractivity contribution in [1.29, 1.82) is 0 Å². The fourth-order valence-corrected chi connectivity index (χ4v) is 1.95. The summed E-state index contributed by atoms with van der Waals surface area (Å²) in [5.41, 5.74) is 1.29. The minimum atomic E-state index is 0.812. The zero-order valence-electron chi connectivity index (χ0n) is 10.9. The Bertz CT molecular complexity index is 304. The van der Waals surface area contributed by atoms with E-state index in [2.05, 4.69) is 36.7 Å². The fourth-order valence-electron chi connectivity index (χ4n) is 1.55. The molecule has 0 fully saturated rings. The van der Waals surface area contributed by atoms with Crippen LogP contribution in [0.2, 0.25) is 0 Å². The maximum Gasteiger partial charge on any atom is 0.119 e. The van der Waals surface area contributed by atoms with E-state index in [0.717, 1.165) is 37.6 Å². The molecule has 0 saturated carbocycles. The summed E-state index contributed by atoms with van der Waals surface area (Å²) in [6.45, 7) is 4.99. The van der Waals surface area contributed by atoms with Gasteiger partial charge in [-0.05, 0) is 49.1 Å². The summed E-state index contributed by atoms with van der Waals surface area (Å²) in [4.78, 5) is 0. The van der Waals surface area contributed by atoms with E-state index in [0.29, 0.717) is 0 Å². The van der Waals surface area contributed by atoms with Gasteiger partial charge < -0.3 is 10.1 Å². The van der Waals surface area contributed by atoms with Crippen molar-refractivity contribution in [3.63, 3.8) is 0 Å². The van der Waals surface area contributed by atoms with Crippen LogP contribution in [0.15, 0.2) is 24.3 Å². The van der Waals surface area contributed by atoms with Crippen LogP contribution < -0.4 is 10.1 Å². The Morgan fingerprint density at radius 2 is 2.24 bits per heavy atom. The fraction of sp³-hybridized carbons (Fsp3) is 0.571. The van der Waals surface area contributed by atoms with Gasteiger partial charge >= 0.3 is 0 Å². The predicted octanol–water partition coefficient (Wildman–Crippen LogP) is 3.32. The number of ether oxygens (including phenoxy) is 1. The summed E-state index contributed by atoms with van der Waals surface area (Å²) in [7, 11) is 0. The lowest BCUT2D eigenvalue weighted by Crippen LogP contribution is -2.13. The third kappa shape index (κ3) is 6.59. The van der Waals surface area contributed by atoms with Gasteiger partial charge in [0.1, 0.15) is 5.75 Å². The molecule has 0 aliphatic heterocycles. The van der Waals surface area contributed by atoms with Crippen LogP contribution in [0.5, 0.6) is 5.75 Å². The first-order valence-electron chi connectivity index (χ1n) is 6.28. The molecular weight excluding hydrogens is 230 g/mol. The Labute approximate surface area is 109 Å². The first-order chi connectivity index (χ1) is 8.36. The van der Waals surface area contributed by atoms with E-state index in [4.69, 9.17) is 4.74 Å². The maximum atomic E-state index is 5.71. The molecule has 17 heavy (non-hydrogen) atoms. The third-order valence-corrected chi connectivity index (χ3v) is 3.11. The van der Waals surface area contributed by atoms with Crippen molar-refractivity contribution in [1.82, 2.24) is 5.32 Å². The molecule has 96 valence electrons. The molecule has 1 aromatic carbocycles. The maximum absolute atomic E-state index is 5.71. The number of hydrogen-bond donors (Lipinski definition) is 1. The van der Waals surface area contributed by atoms with Crippen LogP contribution in [0.25, 0.3) is 0 Å². The Morgan fingerprint density at radius 1 is 1.35 bits per heavy atom. The number of nitrogens with one attached hydrogen (secondary N) is 1.